The van der Waals surface area contributed by atoms with E-state index in [-0.39, 0.29) is 17.6 Å². The van der Waals surface area contributed by atoms with Crippen molar-refractivity contribution < 1.29 is 14.3 Å². The number of hydrogen-bond acceptors (Lipinski definition) is 4. The van der Waals surface area contributed by atoms with Gasteiger partial charge in [0.05, 0.1) is 12.6 Å². The minimum atomic E-state index is -0.156. The van der Waals surface area contributed by atoms with Crippen molar-refractivity contribution >= 4 is 12.0 Å². The van der Waals surface area contributed by atoms with Gasteiger partial charge in [-0.05, 0) is 45.6 Å². The van der Waals surface area contributed by atoms with Gasteiger partial charge >= 0.3 is 6.09 Å². The molecule has 0 aliphatic carbocycles. The summed E-state index contributed by atoms with van der Waals surface area (Å²) in [5, 5.41) is 0. The summed E-state index contributed by atoms with van der Waals surface area (Å²) in [6.45, 7) is 8.23. The summed E-state index contributed by atoms with van der Waals surface area (Å²) in [5.41, 5.74) is 1.61. The SMILES string of the molecule is CCOC(=O)N1C2C=C(N3CCC4(CC3)CC(=O)N(CC)C4)CC1CC2. The number of fused-ring (bicyclic) bond motifs is 2. The Kier molecular flexibility index (Phi) is 4.61. The largest absolute Gasteiger partial charge is 0.450 e. The number of likely N-dealkylation sites (tertiary alicyclic amines) is 2. The smallest absolute Gasteiger partial charge is 0.410 e. The fraction of sp³-hybridized carbons (Fsp3) is 0.800. The molecule has 1 spiro atoms. The molecule has 0 aromatic rings. The molecule has 0 aromatic carbocycles. The summed E-state index contributed by atoms with van der Waals surface area (Å²) in [4.78, 5) is 30.9. The van der Waals surface area contributed by atoms with E-state index in [1.54, 1.807) is 0 Å². The number of ether oxygens (including phenoxy) is 1. The van der Waals surface area contributed by atoms with E-state index < -0.39 is 0 Å². The van der Waals surface area contributed by atoms with Crippen molar-refractivity contribution in [3.05, 3.63) is 11.8 Å². The third-order valence-electron chi connectivity index (χ3n) is 6.87. The van der Waals surface area contributed by atoms with Gasteiger partial charge in [-0.15, -0.1) is 0 Å². The van der Waals surface area contributed by atoms with Crippen LogP contribution in [-0.4, -0.2) is 71.6 Å². The predicted molar refractivity (Wildman–Crippen MR) is 98.5 cm³/mol. The van der Waals surface area contributed by atoms with Gasteiger partial charge in [-0.3, -0.25) is 9.69 Å². The number of carbonyl (C=O) groups excluding carboxylic acids is 2. The van der Waals surface area contributed by atoms with E-state index in [2.05, 4.69) is 17.9 Å². The van der Waals surface area contributed by atoms with Gasteiger partial charge < -0.3 is 14.5 Å². The van der Waals surface area contributed by atoms with Crippen LogP contribution in [0.2, 0.25) is 0 Å². The Bertz CT molecular complexity index is 609. The minimum absolute atomic E-state index is 0.156. The van der Waals surface area contributed by atoms with Crippen molar-refractivity contribution in [2.75, 3.05) is 32.8 Å². The minimum Gasteiger partial charge on any atom is -0.450 e. The summed E-state index contributed by atoms with van der Waals surface area (Å²) in [6.07, 6.45) is 8.14. The standard InChI is InChI=1S/C20H31N3O3/c1-3-21-14-20(13-18(21)24)7-9-22(10-8-20)17-11-15-5-6-16(12-17)23(15)19(25)26-4-2/h11,15-16H,3-10,12-14H2,1-2H3. The molecule has 0 aromatic heterocycles. The highest BCUT2D eigenvalue weighted by Gasteiger charge is 2.46. The number of hydrogen-bond donors (Lipinski definition) is 0. The zero-order valence-electron chi connectivity index (χ0n) is 16.1. The summed E-state index contributed by atoms with van der Waals surface area (Å²) in [5.74, 6) is 0.334. The van der Waals surface area contributed by atoms with E-state index >= 15 is 0 Å². The summed E-state index contributed by atoms with van der Waals surface area (Å²) in [7, 11) is 0. The monoisotopic (exact) mass is 361 g/mol. The van der Waals surface area contributed by atoms with Crippen LogP contribution in [0.4, 0.5) is 4.79 Å². The van der Waals surface area contributed by atoms with Crippen LogP contribution in [0.3, 0.4) is 0 Å². The van der Waals surface area contributed by atoms with E-state index in [0.29, 0.717) is 18.6 Å². The van der Waals surface area contributed by atoms with Crippen LogP contribution >= 0.6 is 0 Å². The molecule has 2 amide bonds. The molecule has 2 atom stereocenters. The lowest BCUT2D eigenvalue weighted by Crippen LogP contribution is -2.47. The number of nitrogens with zero attached hydrogens (tertiary/aromatic N) is 3. The average molecular weight is 361 g/mol. The first-order chi connectivity index (χ1) is 12.5. The molecule has 0 saturated carbocycles. The number of carbonyl (C=O) groups is 2. The first-order valence-electron chi connectivity index (χ1n) is 10.2. The maximum atomic E-state index is 12.2. The Morgan fingerprint density at radius 3 is 2.65 bits per heavy atom. The van der Waals surface area contributed by atoms with Crippen molar-refractivity contribution in [1.29, 1.82) is 0 Å². The number of piperidine rings is 1. The van der Waals surface area contributed by atoms with E-state index in [4.69, 9.17) is 4.74 Å². The average Bonchev–Trinajstić information content (AvgIpc) is 3.09. The Balaban J connectivity index is 1.39. The summed E-state index contributed by atoms with van der Waals surface area (Å²) >= 11 is 0. The molecule has 0 N–H and O–H groups in total. The lowest BCUT2D eigenvalue weighted by molar-refractivity contribution is -0.127. The van der Waals surface area contributed by atoms with Gasteiger partial charge in [0.25, 0.3) is 0 Å². The van der Waals surface area contributed by atoms with Crippen molar-refractivity contribution in [2.45, 2.75) is 64.5 Å². The maximum Gasteiger partial charge on any atom is 0.410 e. The molecular weight excluding hydrogens is 330 g/mol. The molecule has 6 nitrogen and oxygen atoms in total. The zero-order chi connectivity index (χ0) is 18.3. The lowest BCUT2D eigenvalue weighted by Gasteiger charge is -2.43. The Morgan fingerprint density at radius 2 is 2.04 bits per heavy atom. The second kappa shape index (κ2) is 6.78. The molecule has 2 unspecified atom stereocenters. The first-order valence-corrected chi connectivity index (χ1v) is 10.2. The second-order valence-corrected chi connectivity index (χ2v) is 8.34. The van der Waals surface area contributed by atoms with Crippen LogP contribution in [0.15, 0.2) is 11.8 Å². The van der Waals surface area contributed by atoms with Crippen molar-refractivity contribution in [1.82, 2.24) is 14.7 Å². The van der Waals surface area contributed by atoms with Gasteiger partial charge in [-0.1, -0.05) is 0 Å². The lowest BCUT2D eigenvalue weighted by atomic mass is 9.77. The molecule has 3 fully saturated rings. The van der Waals surface area contributed by atoms with E-state index in [9.17, 15) is 9.59 Å². The van der Waals surface area contributed by atoms with E-state index in [0.717, 1.165) is 64.7 Å². The molecule has 2 bridgehead atoms. The summed E-state index contributed by atoms with van der Waals surface area (Å²) in [6, 6.07) is 0.487. The molecule has 4 rings (SSSR count). The highest BCUT2D eigenvalue weighted by Crippen LogP contribution is 2.43. The fourth-order valence-corrected chi connectivity index (χ4v) is 5.40. The van der Waals surface area contributed by atoms with Gasteiger partial charge in [0, 0.05) is 56.2 Å². The normalized spacial score (nSPS) is 30.2. The van der Waals surface area contributed by atoms with Crippen LogP contribution in [-0.2, 0) is 9.53 Å². The molecule has 3 saturated heterocycles. The van der Waals surface area contributed by atoms with Crippen molar-refractivity contribution in [3.63, 3.8) is 0 Å². The third-order valence-corrected chi connectivity index (χ3v) is 6.87. The van der Waals surface area contributed by atoms with Crippen LogP contribution < -0.4 is 0 Å². The molecule has 6 heteroatoms. The van der Waals surface area contributed by atoms with E-state index in [1.165, 1.54) is 5.70 Å². The Labute approximate surface area is 156 Å². The Morgan fingerprint density at radius 1 is 1.27 bits per heavy atom. The van der Waals surface area contributed by atoms with Gasteiger partial charge in [0.2, 0.25) is 5.91 Å². The van der Waals surface area contributed by atoms with Gasteiger partial charge in [0.15, 0.2) is 0 Å². The molecule has 0 radical (unpaired) electrons. The molecule has 4 heterocycles. The quantitative estimate of drug-likeness (QED) is 0.775. The number of amides is 2. The number of rotatable bonds is 3. The van der Waals surface area contributed by atoms with Crippen LogP contribution in [0.1, 0.15) is 52.4 Å². The van der Waals surface area contributed by atoms with E-state index in [1.807, 2.05) is 16.7 Å². The highest BCUT2D eigenvalue weighted by atomic mass is 16.6. The van der Waals surface area contributed by atoms with Crippen molar-refractivity contribution in [3.8, 4) is 0 Å². The summed E-state index contributed by atoms with van der Waals surface area (Å²) < 4.78 is 5.24. The highest BCUT2D eigenvalue weighted by molar-refractivity contribution is 5.79. The van der Waals surface area contributed by atoms with Crippen LogP contribution in [0.5, 0.6) is 0 Å². The predicted octanol–water partition coefficient (Wildman–Crippen LogP) is 2.60. The topological polar surface area (TPSA) is 53.1 Å². The van der Waals surface area contributed by atoms with Gasteiger partial charge in [0.1, 0.15) is 0 Å². The zero-order valence-corrected chi connectivity index (χ0v) is 16.1. The molecule has 26 heavy (non-hydrogen) atoms. The van der Waals surface area contributed by atoms with Gasteiger partial charge in [-0.2, -0.15) is 0 Å². The molecule has 4 aliphatic rings. The second-order valence-electron chi connectivity index (χ2n) is 8.34. The first kappa shape index (κ1) is 17.7. The molecular formula is C20H31N3O3. The van der Waals surface area contributed by atoms with Gasteiger partial charge in [-0.25, -0.2) is 4.79 Å². The maximum absolute atomic E-state index is 12.2. The van der Waals surface area contributed by atoms with Crippen LogP contribution in [0.25, 0.3) is 0 Å². The fourth-order valence-electron chi connectivity index (χ4n) is 5.40. The third kappa shape index (κ3) is 2.97. The Hall–Kier alpha value is -1.72. The van der Waals surface area contributed by atoms with Crippen molar-refractivity contribution in [2.24, 2.45) is 5.41 Å². The molecule has 144 valence electrons. The van der Waals surface area contributed by atoms with Crippen LogP contribution in [0, 0.1) is 5.41 Å². The molecule has 4 aliphatic heterocycles.